The molecule has 86 valence electrons. The Morgan fingerprint density at radius 1 is 1.47 bits per heavy atom. The van der Waals surface area contributed by atoms with Crippen LogP contribution in [0.5, 0.6) is 0 Å². The summed E-state index contributed by atoms with van der Waals surface area (Å²) in [5, 5.41) is 10.9. The van der Waals surface area contributed by atoms with Crippen molar-refractivity contribution in [1.29, 1.82) is 0 Å². The number of carboxylic acid groups (broad SMARTS) is 1. The van der Waals surface area contributed by atoms with E-state index in [-0.39, 0.29) is 0 Å². The van der Waals surface area contributed by atoms with Gasteiger partial charge in [0.25, 0.3) is 0 Å². The Labute approximate surface area is 107 Å². The average molecular weight is 290 g/mol. The number of hydrogen-bond acceptors (Lipinski definition) is 3. The van der Waals surface area contributed by atoms with Crippen LogP contribution in [0.3, 0.4) is 0 Å². The molecule has 1 heterocycles. The molecule has 5 heteroatoms. The summed E-state index contributed by atoms with van der Waals surface area (Å²) in [6, 6.07) is 6.86. The van der Waals surface area contributed by atoms with Gasteiger partial charge in [0.15, 0.2) is 0 Å². The summed E-state index contributed by atoms with van der Waals surface area (Å²) in [6.07, 6.45) is 2.07. The van der Waals surface area contributed by atoms with Crippen LogP contribution >= 0.6 is 0 Å². The molecular formula is C12H11AsN2O2. The molecule has 1 atom stereocenters. The first-order valence-corrected chi connectivity index (χ1v) is 6.07. The first kappa shape index (κ1) is 12.1. The monoisotopic (exact) mass is 290 g/mol. The van der Waals surface area contributed by atoms with Gasteiger partial charge >= 0.3 is 107 Å². The van der Waals surface area contributed by atoms with Crippen molar-refractivity contribution in [2.75, 3.05) is 0 Å². The number of benzene rings is 1. The predicted octanol–water partition coefficient (Wildman–Crippen LogP) is -0.0170. The molecule has 0 saturated carbocycles. The molecule has 0 aliphatic carbocycles. The van der Waals surface area contributed by atoms with Gasteiger partial charge in [0.05, 0.1) is 0 Å². The van der Waals surface area contributed by atoms with E-state index in [0.717, 1.165) is 20.8 Å². The predicted molar refractivity (Wildman–Crippen MR) is 66.4 cm³/mol. The summed E-state index contributed by atoms with van der Waals surface area (Å²) in [7, 11) is 0. The molecule has 0 saturated heterocycles. The second-order valence-corrected chi connectivity index (χ2v) is 4.73. The van der Waals surface area contributed by atoms with E-state index in [2.05, 4.69) is 21.8 Å². The van der Waals surface area contributed by atoms with Crippen molar-refractivity contribution in [2.45, 2.75) is 12.5 Å². The van der Waals surface area contributed by atoms with Crippen molar-refractivity contribution < 1.29 is 9.90 Å². The van der Waals surface area contributed by atoms with E-state index in [1.165, 1.54) is 0 Å². The summed E-state index contributed by atoms with van der Waals surface area (Å²) >= 11 is 2.41. The van der Waals surface area contributed by atoms with E-state index >= 15 is 0 Å². The van der Waals surface area contributed by atoms with Crippen LogP contribution in [-0.4, -0.2) is 39.0 Å². The molecular weight excluding hydrogens is 279 g/mol. The minimum atomic E-state index is -0.983. The molecule has 4 nitrogen and oxygen atoms in total. The number of rotatable bonds is 3. The van der Waals surface area contributed by atoms with E-state index in [1.807, 2.05) is 24.3 Å². The number of pyridine rings is 1. The molecule has 0 aliphatic heterocycles. The molecule has 0 spiro atoms. The molecule has 2 rings (SSSR count). The van der Waals surface area contributed by atoms with Crippen LogP contribution in [0.15, 0.2) is 30.5 Å². The topological polar surface area (TPSA) is 76.2 Å². The third-order valence-electron chi connectivity index (χ3n) is 2.58. The molecule has 2 radical (unpaired) electrons. The fourth-order valence-electron chi connectivity index (χ4n) is 1.67. The second-order valence-electron chi connectivity index (χ2n) is 3.84. The van der Waals surface area contributed by atoms with Gasteiger partial charge in [0.1, 0.15) is 0 Å². The zero-order valence-electron chi connectivity index (χ0n) is 9.00. The number of carboxylic acids is 1. The Kier molecular flexibility index (Phi) is 3.46. The zero-order valence-corrected chi connectivity index (χ0v) is 10.9. The maximum absolute atomic E-state index is 10.7. The quantitative estimate of drug-likeness (QED) is 0.779. The van der Waals surface area contributed by atoms with E-state index < -0.39 is 12.0 Å². The van der Waals surface area contributed by atoms with Crippen molar-refractivity contribution in [3.63, 3.8) is 0 Å². The number of nitrogens with zero attached hydrogens (tertiary/aromatic N) is 1. The number of nitrogens with two attached hydrogens (primary N) is 1. The summed E-state index contributed by atoms with van der Waals surface area (Å²) in [5.74, 6) is -0.983. The van der Waals surface area contributed by atoms with Crippen LogP contribution in [0, 0.1) is 0 Å². The van der Waals surface area contributed by atoms with Crippen molar-refractivity contribution in [3.05, 3.63) is 36.0 Å². The Hall–Kier alpha value is -1.38. The second kappa shape index (κ2) is 4.86. The van der Waals surface area contributed by atoms with Gasteiger partial charge in [-0.1, -0.05) is 0 Å². The summed E-state index contributed by atoms with van der Waals surface area (Å²) < 4.78 is 0.876. The Morgan fingerprint density at radius 2 is 2.24 bits per heavy atom. The summed E-state index contributed by atoms with van der Waals surface area (Å²) in [4.78, 5) is 14.9. The normalized spacial score (nSPS) is 12.6. The van der Waals surface area contributed by atoms with Crippen LogP contribution in [0.25, 0.3) is 10.8 Å². The molecule has 0 bridgehead atoms. The number of aliphatic carboxylic acids is 1. The Morgan fingerprint density at radius 3 is 2.94 bits per heavy atom. The van der Waals surface area contributed by atoms with Gasteiger partial charge in [-0.3, -0.25) is 0 Å². The van der Waals surface area contributed by atoms with Gasteiger partial charge < -0.3 is 0 Å². The van der Waals surface area contributed by atoms with Crippen LogP contribution in [0.4, 0.5) is 0 Å². The number of carbonyl (C=O) groups is 1. The molecule has 1 aromatic carbocycles. The van der Waals surface area contributed by atoms with Crippen molar-refractivity contribution in [3.8, 4) is 0 Å². The molecule has 0 amide bonds. The zero-order chi connectivity index (χ0) is 12.4. The van der Waals surface area contributed by atoms with Gasteiger partial charge in [-0.2, -0.15) is 0 Å². The maximum atomic E-state index is 10.7. The van der Waals surface area contributed by atoms with Crippen LogP contribution in [0.2, 0.25) is 0 Å². The molecule has 1 aromatic heterocycles. The molecule has 2 aromatic rings. The molecule has 3 N–H and O–H groups in total. The molecule has 0 fully saturated rings. The molecule has 17 heavy (non-hydrogen) atoms. The number of aromatic nitrogens is 1. The fraction of sp³-hybridized carbons (Fsp3) is 0.167. The average Bonchev–Trinajstić information content (AvgIpc) is 2.30. The van der Waals surface area contributed by atoms with Gasteiger partial charge in [-0.15, -0.1) is 0 Å². The van der Waals surface area contributed by atoms with Crippen LogP contribution in [0.1, 0.15) is 5.56 Å². The Bertz CT molecular complexity index is 571. The third kappa shape index (κ3) is 2.65. The minimum absolute atomic E-state index is 0.326. The molecule has 1 unspecified atom stereocenters. The van der Waals surface area contributed by atoms with Gasteiger partial charge in [0, 0.05) is 0 Å². The van der Waals surface area contributed by atoms with E-state index in [0.29, 0.717) is 6.42 Å². The van der Waals surface area contributed by atoms with Gasteiger partial charge in [-0.05, 0) is 0 Å². The van der Waals surface area contributed by atoms with Crippen molar-refractivity contribution in [2.24, 2.45) is 5.73 Å². The van der Waals surface area contributed by atoms with E-state index in [4.69, 9.17) is 10.8 Å². The Balaban J connectivity index is 2.37. The molecule has 0 aliphatic rings. The van der Waals surface area contributed by atoms with E-state index in [9.17, 15) is 4.79 Å². The van der Waals surface area contributed by atoms with Crippen molar-refractivity contribution in [1.82, 2.24) is 4.98 Å². The van der Waals surface area contributed by atoms with E-state index in [1.54, 1.807) is 6.20 Å². The van der Waals surface area contributed by atoms with Gasteiger partial charge in [0.2, 0.25) is 0 Å². The first-order chi connectivity index (χ1) is 8.08. The van der Waals surface area contributed by atoms with Crippen LogP contribution < -0.4 is 10.2 Å². The van der Waals surface area contributed by atoms with Crippen LogP contribution in [-0.2, 0) is 11.2 Å². The third-order valence-corrected chi connectivity index (χ3v) is 3.33. The van der Waals surface area contributed by atoms with Gasteiger partial charge in [-0.25, -0.2) is 0 Å². The van der Waals surface area contributed by atoms with Crippen molar-refractivity contribution >= 4 is 38.1 Å². The number of hydrogen-bond donors (Lipinski definition) is 2. The SMILES string of the molecule is NC(Cc1ccc2ccnc([As])c2c1)C(=O)O. The standard InChI is InChI=1S/C12H11AsN2O2/c13-11-9-5-7(6-10(14)12(16)17)1-2-8(9)3-4-15-11/h1-5,10H,6,14H2,(H,16,17). The fourth-order valence-corrected chi connectivity index (χ4v) is 2.21. The summed E-state index contributed by atoms with van der Waals surface area (Å²) in [6.45, 7) is 0. The first-order valence-electron chi connectivity index (χ1n) is 5.13. The number of fused-ring (bicyclic) bond motifs is 1. The summed E-state index contributed by atoms with van der Waals surface area (Å²) in [5.41, 5.74) is 6.42.